The molecule has 2 aromatic rings. The average molecular weight is 220 g/mol. The Labute approximate surface area is 94.5 Å². The molecule has 5 heteroatoms. The van der Waals surface area contributed by atoms with Crippen molar-refractivity contribution in [2.45, 2.75) is 33.5 Å². The van der Waals surface area contributed by atoms with Crippen molar-refractivity contribution in [3.05, 3.63) is 35.8 Å². The molecule has 0 unspecified atom stereocenters. The van der Waals surface area contributed by atoms with Gasteiger partial charge < -0.3 is 9.73 Å². The summed E-state index contributed by atoms with van der Waals surface area (Å²) >= 11 is 0. The van der Waals surface area contributed by atoms with Crippen LogP contribution in [-0.2, 0) is 19.6 Å². The van der Waals surface area contributed by atoms with Gasteiger partial charge >= 0.3 is 0 Å². The normalized spacial score (nSPS) is 10.9. The van der Waals surface area contributed by atoms with E-state index in [4.69, 9.17) is 4.42 Å². The van der Waals surface area contributed by atoms with E-state index in [0.717, 1.165) is 24.7 Å². The van der Waals surface area contributed by atoms with Crippen LogP contribution in [0.3, 0.4) is 0 Å². The molecule has 0 radical (unpaired) electrons. The van der Waals surface area contributed by atoms with Crippen LogP contribution in [0.2, 0.25) is 0 Å². The first-order valence-electron chi connectivity index (χ1n) is 5.42. The summed E-state index contributed by atoms with van der Waals surface area (Å²) in [7, 11) is 0. The molecule has 0 aromatic carbocycles. The zero-order valence-corrected chi connectivity index (χ0v) is 9.60. The zero-order valence-electron chi connectivity index (χ0n) is 9.60. The van der Waals surface area contributed by atoms with Crippen molar-refractivity contribution in [3.8, 4) is 0 Å². The number of aromatic nitrogens is 3. The number of hydrogen-bond donors (Lipinski definition) is 1. The molecule has 0 spiro atoms. The molecule has 0 fully saturated rings. The lowest BCUT2D eigenvalue weighted by Crippen LogP contribution is -2.16. The second-order valence-electron chi connectivity index (χ2n) is 3.61. The summed E-state index contributed by atoms with van der Waals surface area (Å²) in [6.45, 7) is 6.27. The van der Waals surface area contributed by atoms with Gasteiger partial charge in [0, 0.05) is 19.3 Å². The van der Waals surface area contributed by atoms with Gasteiger partial charge in [-0.1, -0.05) is 0 Å². The Balaban J connectivity index is 1.84. The van der Waals surface area contributed by atoms with E-state index in [1.807, 2.05) is 23.9 Å². The predicted octanol–water partition coefficient (Wildman–Crippen LogP) is 1.49. The third-order valence-corrected chi connectivity index (χ3v) is 2.36. The Morgan fingerprint density at radius 1 is 1.44 bits per heavy atom. The van der Waals surface area contributed by atoms with E-state index in [1.165, 1.54) is 5.69 Å². The fourth-order valence-corrected chi connectivity index (χ4v) is 1.58. The molecule has 0 atom stereocenters. The predicted molar refractivity (Wildman–Crippen MR) is 59.7 cm³/mol. The average Bonchev–Trinajstić information content (AvgIpc) is 2.87. The largest absolute Gasteiger partial charge is 0.445 e. The summed E-state index contributed by atoms with van der Waals surface area (Å²) in [5, 5.41) is 7.48. The Morgan fingerprint density at radius 2 is 2.31 bits per heavy atom. The van der Waals surface area contributed by atoms with Gasteiger partial charge in [-0.25, -0.2) is 4.98 Å². The molecule has 0 aliphatic rings. The van der Waals surface area contributed by atoms with Crippen LogP contribution in [0.15, 0.2) is 22.9 Å². The van der Waals surface area contributed by atoms with E-state index in [-0.39, 0.29) is 0 Å². The fraction of sp³-hybridized carbons (Fsp3) is 0.455. The topological polar surface area (TPSA) is 55.9 Å². The van der Waals surface area contributed by atoms with Crippen molar-refractivity contribution in [2.75, 3.05) is 0 Å². The van der Waals surface area contributed by atoms with E-state index < -0.39 is 0 Å². The standard InChI is InChI=1S/C11H16N4O/c1-3-15-10(4-5-14-15)7-12-8-11-13-6-9(2)16-11/h4-6,12H,3,7-8H2,1-2H3. The molecular weight excluding hydrogens is 204 g/mol. The van der Waals surface area contributed by atoms with Gasteiger partial charge in [0.2, 0.25) is 5.89 Å². The van der Waals surface area contributed by atoms with E-state index in [0.29, 0.717) is 6.54 Å². The van der Waals surface area contributed by atoms with Gasteiger partial charge in [0.1, 0.15) is 5.76 Å². The quantitative estimate of drug-likeness (QED) is 0.829. The number of hydrogen-bond acceptors (Lipinski definition) is 4. The molecule has 16 heavy (non-hydrogen) atoms. The summed E-state index contributed by atoms with van der Waals surface area (Å²) in [5.41, 5.74) is 1.17. The highest BCUT2D eigenvalue weighted by atomic mass is 16.4. The maximum absolute atomic E-state index is 5.36. The van der Waals surface area contributed by atoms with Crippen LogP contribution in [0.25, 0.3) is 0 Å². The van der Waals surface area contributed by atoms with Gasteiger partial charge in [0.05, 0.1) is 18.4 Å². The Morgan fingerprint density at radius 3 is 3.00 bits per heavy atom. The van der Waals surface area contributed by atoms with Gasteiger partial charge in [0.15, 0.2) is 0 Å². The summed E-state index contributed by atoms with van der Waals surface area (Å²) < 4.78 is 7.33. The second kappa shape index (κ2) is 4.94. The molecule has 0 aliphatic heterocycles. The van der Waals surface area contributed by atoms with Crippen LogP contribution in [0.5, 0.6) is 0 Å². The van der Waals surface area contributed by atoms with Crippen LogP contribution in [0, 0.1) is 6.92 Å². The van der Waals surface area contributed by atoms with Gasteiger partial charge in [-0.05, 0) is 19.9 Å². The molecular formula is C11H16N4O. The van der Waals surface area contributed by atoms with Crippen molar-refractivity contribution in [2.24, 2.45) is 0 Å². The second-order valence-corrected chi connectivity index (χ2v) is 3.61. The minimum Gasteiger partial charge on any atom is -0.445 e. The molecule has 2 rings (SSSR count). The first-order valence-corrected chi connectivity index (χ1v) is 5.42. The monoisotopic (exact) mass is 220 g/mol. The van der Waals surface area contributed by atoms with Crippen molar-refractivity contribution in [1.82, 2.24) is 20.1 Å². The Kier molecular flexibility index (Phi) is 3.36. The molecule has 2 aromatic heterocycles. The fourth-order valence-electron chi connectivity index (χ4n) is 1.58. The van der Waals surface area contributed by atoms with Gasteiger partial charge in [-0.15, -0.1) is 0 Å². The highest BCUT2D eigenvalue weighted by molar-refractivity contribution is 5.00. The van der Waals surface area contributed by atoms with Crippen LogP contribution in [0.4, 0.5) is 0 Å². The molecule has 86 valence electrons. The number of nitrogens with zero attached hydrogens (tertiary/aromatic N) is 3. The van der Waals surface area contributed by atoms with E-state index in [2.05, 4.69) is 22.3 Å². The van der Waals surface area contributed by atoms with Crippen molar-refractivity contribution >= 4 is 0 Å². The maximum atomic E-state index is 5.36. The van der Waals surface area contributed by atoms with Gasteiger partial charge in [-0.3, -0.25) is 4.68 Å². The molecule has 5 nitrogen and oxygen atoms in total. The van der Waals surface area contributed by atoms with E-state index >= 15 is 0 Å². The highest BCUT2D eigenvalue weighted by Crippen LogP contribution is 2.02. The lowest BCUT2D eigenvalue weighted by atomic mass is 10.4. The van der Waals surface area contributed by atoms with Crippen LogP contribution >= 0.6 is 0 Å². The van der Waals surface area contributed by atoms with Crippen molar-refractivity contribution < 1.29 is 4.42 Å². The lowest BCUT2D eigenvalue weighted by molar-refractivity contribution is 0.445. The van der Waals surface area contributed by atoms with Gasteiger partial charge in [0.25, 0.3) is 0 Å². The van der Waals surface area contributed by atoms with Crippen LogP contribution in [0.1, 0.15) is 24.3 Å². The van der Waals surface area contributed by atoms with E-state index in [1.54, 1.807) is 6.20 Å². The SMILES string of the molecule is CCn1nccc1CNCc1ncc(C)o1. The number of oxazole rings is 1. The smallest absolute Gasteiger partial charge is 0.208 e. The first kappa shape index (κ1) is 10.9. The minimum atomic E-state index is 0.642. The summed E-state index contributed by atoms with van der Waals surface area (Å²) in [5.74, 6) is 1.57. The molecule has 1 N–H and O–H groups in total. The van der Waals surface area contributed by atoms with Crippen LogP contribution in [-0.4, -0.2) is 14.8 Å². The molecule has 0 aliphatic carbocycles. The number of aryl methyl sites for hydroxylation is 2. The van der Waals surface area contributed by atoms with Crippen LogP contribution < -0.4 is 5.32 Å². The third kappa shape index (κ3) is 2.49. The van der Waals surface area contributed by atoms with Crippen molar-refractivity contribution in [3.63, 3.8) is 0 Å². The minimum absolute atomic E-state index is 0.642. The molecule has 0 bridgehead atoms. The molecule has 2 heterocycles. The highest BCUT2D eigenvalue weighted by Gasteiger charge is 2.02. The zero-order chi connectivity index (χ0) is 11.4. The van der Waals surface area contributed by atoms with Crippen molar-refractivity contribution in [1.29, 1.82) is 0 Å². The third-order valence-electron chi connectivity index (χ3n) is 2.36. The maximum Gasteiger partial charge on any atom is 0.208 e. The summed E-state index contributed by atoms with van der Waals surface area (Å²) in [6, 6.07) is 2.01. The molecule has 0 saturated carbocycles. The van der Waals surface area contributed by atoms with E-state index in [9.17, 15) is 0 Å². The summed E-state index contributed by atoms with van der Waals surface area (Å²) in [4.78, 5) is 4.13. The first-order chi connectivity index (χ1) is 7.79. The number of nitrogens with one attached hydrogen (secondary N) is 1. The molecule has 0 saturated heterocycles. The Hall–Kier alpha value is -1.62. The number of rotatable bonds is 5. The molecule has 0 amide bonds. The Bertz CT molecular complexity index is 446. The summed E-state index contributed by atoms with van der Waals surface area (Å²) in [6.07, 6.45) is 3.54. The van der Waals surface area contributed by atoms with Gasteiger partial charge in [-0.2, -0.15) is 5.10 Å². The lowest BCUT2D eigenvalue weighted by Gasteiger charge is -2.04.